The summed E-state index contributed by atoms with van der Waals surface area (Å²) in [4.78, 5) is 11.6. The van der Waals surface area contributed by atoms with Crippen molar-refractivity contribution >= 4 is 27.2 Å². The summed E-state index contributed by atoms with van der Waals surface area (Å²) in [5.41, 5.74) is -6.20. The van der Waals surface area contributed by atoms with Gasteiger partial charge in [-0.1, -0.05) is 0 Å². The molecule has 1 N–H and O–H groups in total. The van der Waals surface area contributed by atoms with E-state index in [4.69, 9.17) is 4.74 Å². The predicted molar refractivity (Wildman–Crippen MR) is 120 cm³/mol. The van der Waals surface area contributed by atoms with E-state index in [1.807, 2.05) is 0 Å². The number of benzene rings is 2. The molecule has 2 aromatic rings. The van der Waals surface area contributed by atoms with Crippen molar-refractivity contribution in [1.29, 1.82) is 0 Å². The molecule has 38 heavy (non-hydrogen) atoms. The molecule has 1 aliphatic heterocycles. The fourth-order valence-corrected chi connectivity index (χ4v) is 6.04. The lowest BCUT2D eigenvalue weighted by Crippen LogP contribution is -2.31. The van der Waals surface area contributed by atoms with Gasteiger partial charge in [-0.25, -0.2) is 26.0 Å². The third kappa shape index (κ3) is 5.40. The summed E-state index contributed by atoms with van der Waals surface area (Å²) in [7, 11) is -5.03. The lowest BCUT2D eigenvalue weighted by Gasteiger charge is -2.28. The smallest absolute Gasteiger partial charge is 0.420 e. The van der Waals surface area contributed by atoms with Gasteiger partial charge in [-0.3, -0.25) is 4.79 Å². The number of carboxylic acid groups (broad SMARTS) is 1. The standard InChI is InChI=1S/C24H22F7NO5S/c25-14-2-4-15(5-3-14)32-11-13(1-6-20(26)27)21(28)38(35,36)19-10-18(16(9-17(19)32)24(29,30)31)37-12-23(7-8-23)22(33)34/h2-5,9-10,13,20-21H,1,6-8,11-12H2,(H,33,34)/t13-,21+/m0/s1. The largest absolute Gasteiger partial charge is 0.492 e. The first-order valence-electron chi connectivity index (χ1n) is 11.5. The molecule has 208 valence electrons. The first kappa shape index (κ1) is 28.0. The van der Waals surface area contributed by atoms with Crippen LogP contribution in [0.25, 0.3) is 0 Å². The molecule has 0 aromatic heterocycles. The number of halogens is 7. The van der Waals surface area contributed by atoms with Gasteiger partial charge in [-0.2, -0.15) is 13.2 Å². The van der Waals surface area contributed by atoms with Gasteiger partial charge < -0.3 is 14.7 Å². The monoisotopic (exact) mass is 569 g/mol. The normalized spacial score (nSPS) is 22.1. The predicted octanol–water partition coefficient (Wildman–Crippen LogP) is 5.97. The van der Waals surface area contributed by atoms with Gasteiger partial charge in [0.25, 0.3) is 0 Å². The molecule has 1 heterocycles. The summed E-state index contributed by atoms with van der Waals surface area (Å²) in [5.74, 6) is -4.57. The van der Waals surface area contributed by atoms with Gasteiger partial charge in [0.15, 0.2) is 0 Å². The van der Waals surface area contributed by atoms with E-state index in [1.165, 1.54) is 0 Å². The number of ether oxygens (including phenoxy) is 1. The van der Waals surface area contributed by atoms with Crippen LogP contribution in [0.2, 0.25) is 0 Å². The second kappa shape index (κ2) is 9.93. The molecular formula is C24H22F7NO5S. The van der Waals surface area contributed by atoms with Crippen molar-refractivity contribution in [3.8, 4) is 5.75 Å². The quantitative estimate of drug-likeness (QED) is 0.395. The lowest BCUT2D eigenvalue weighted by atomic mass is 10.0. The van der Waals surface area contributed by atoms with Gasteiger partial charge in [0.1, 0.15) is 23.6 Å². The van der Waals surface area contributed by atoms with Gasteiger partial charge >= 0.3 is 12.1 Å². The Labute approximate surface area is 212 Å². The number of sulfone groups is 1. The number of hydrogen-bond acceptors (Lipinski definition) is 5. The Bertz CT molecular complexity index is 1310. The van der Waals surface area contributed by atoms with Gasteiger partial charge in [0.2, 0.25) is 21.8 Å². The van der Waals surface area contributed by atoms with Crippen LogP contribution >= 0.6 is 0 Å². The van der Waals surface area contributed by atoms with E-state index in [0.717, 1.165) is 29.2 Å². The number of hydrogen-bond donors (Lipinski definition) is 1. The Hall–Kier alpha value is -3.03. The Balaban J connectivity index is 1.89. The van der Waals surface area contributed by atoms with Crippen molar-refractivity contribution in [3.63, 3.8) is 0 Å². The molecule has 6 nitrogen and oxygen atoms in total. The Kier molecular flexibility index (Phi) is 7.32. The summed E-state index contributed by atoms with van der Waals surface area (Å²) in [6, 6.07) is 5.11. The molecule has 0 radical (unpaired) electrons. The topological polar surface area (TPSA) is 83.9 Å². The average Bonchev–Trinajstić information content (AvgIpc) is 3.64. The summed E-state index contributed by atoms with van der Waals surface area (Å²) < 4.78 is 129. The molecular weight excluding hydrogens is 547 g/mol. The molecule has 0 spiro atoms. The summed E-state index contributed by atoms with van der Waals surface area (Å²) in [6.45, 7) is -1.27. The second-order valence-corrected chi connectivity index (χ2v) is 11.4. The molecule has 1 aliphatic carbocycles. The van der Waals surface area contributed by atoms with Crippen LogP contribution in [-0.2, 0) is 20.8 Å². The van der Waals surface area contributed by atoms with Crippen LogP contribution in [0.5, 0.6) is 5.75 Å². The number of fused-ring (bicyclic) bond motifs is 1. The van der Waals surface area contributed by atoms with Gasteiger partial charge in [-0.15, -0.1) is 0 Å². The minimum atomic E-state index is -5.10. The molecule has 2 aromatic carbocycles. The SMILES string of the molecule is O=C(O)C1(COc2cc3c(cc2C(F)(F)F)N(c2ccc(F)cc2)C[C@H](CCC(F)F)[C@H](F)S3(=O)=O)CC1. The van der Waals surface area contributed by atoms with Crippen LogP contribution in [0.3, 0.4) is 0 Å². The molecule has 4 rings (SSSR count). The highest BCUT2D eigenvalue weighted by Crippen LogP contribution is 2.50. The van der Waals surface area contributed by atoms with E-state index in [9.17, 15) is 44.7 Å². The molecule has 0 saturated heterocycles. The van der Waals surface area contributed by atoms with Crippen LogP contribution in [-0.4, -0.2) is 44.6 Å². The van der Waals surface area contributed by atoms with Crippen LogP contribution in [0, 0.1) is 17.2 Å². The van der Waals surface area contributed by atoms with E-state index in [1.54, 1.807) is 0 Å². The zero-order valence-corrected chi connectivity index (χ0v) is 20.3. The van der Waals surface area contributed by atoms with Crippen molar-refractivity contribution in [3.05, 3.63) is 47.8 Å². The Morgan fingerprint density at radius 3 is 2.32 bits per heavy atom. The maximum Gasteiger partial charge on any atom is 0.420 e. The van der Waals surface area contributed by atoms with Crippen molar-refractivity contribution in [1.82, 2.24) is 0 Å². The average molecular weight is 569 g/mol. The maximum absolute atomic E-state index is 15.5. The molecule has 2 aliphatic rings. The number of rotatable bonds is 8. The first-order valence-corrected chi connectivity index (χ1v) is 13.0. The number of anilines is 2. The van der Waals surface area contributed by atoms with Crippen LogP contribution in [0.1, 0.15) is 31.2 Å². The third-order valence-electron chi connectivity index (χ3n) is 6.75. The molecule has 1 saturated carbocycles. The van der Waals surface area contributed by atoms with E-state index in [-0.39, 0.29) is 18.5 Å². The van der Waals surface area contributed by atoms with Crippen molar-refractivity contribution in [2.24, 2.45) is 11.3 Å². The lowest BCUT2D eigenvalue weighted by molar-refractivity contribution is -0.144. The number of nitrogens with zero attached hydrogens (tertiary/aromatic N) is 1. The zero-order valence-electron chi connectivity index (χ0n) is 19.5. The molecule has 0 amide bonds. The van der Waals surface area contributed by atoms with Crippen LogP contribution in [0.4, 0.5) is 42.1 Å². The molecule has 14 heteroatoms. The first-order chi connectivity index (χ1) is 17.7. The Morgan fingerprint density at radius 1 is 1.16 bits per heavy atom. The van der Waals surface area contributed by atoms with Crippen molar-refractivity contribution in [2.75, 3.05) is 18.1 Å². The Morgan fingerprint density at radius 2 is 1.79 bits per heavy atom. The van der Waals surface area contributed by atoms with Crippen molar-refractivity contribution in [2.45, 2.75) is 48.7 Å². The van der Waals surface area contributed by atoms with Gasteiger partial charge in [0.05, 0.1) is 16.1 Å². The van der Waals surface area contributed by atoms with Crippen molar-refractivity contribution < 1.29 is 53.8 Å². The van der Waals surface area contributed by atoms with E-state index in [2.05, 4.69) is 0 Å². The summed E-state index contributed by atoms with van der Waals surface area (Å²) >= 11 is 0. The summed E-state index contributed by atoms with van der Waals surface area (Å²) in [5, 5.41) is 9.32. The highest BCUT2D eigenvalue weighted by atomic mass is 32.2. The fourth-order valence-electron chi connectivity index (χ4n) is 4.33. The zero-order chi connectivity index (χ0) is 28.0. The van der Waals surface area contributed by atoms with E-state index in [0.29, 0.717) is 12.1 Å². The molecule has 2 atom stereocenters. The highest BCUT2D eigenvalue weighted by Gasteiger charge is 2.52. The van der Waals surface area contributed by atoms with Crippen LogP contribution < -0.4 is 9.64 Å². The number of carboxylic acids is 1. The van der Waals surface area contributed by atoms with Gasteiger partial charge in [0, 0.05) is 30.6 Å². The number of aliphatic carboxylic acids is 1. The fraction of sp³-hybridized carbons (Fsp3) is 0.458. The van der Waals surface area contributed by atoms with Gasteiger partial charge in [-0.05, 0) is 49.6 Å². The highest BCUT2D eigenvalue weighted by molar-refractivity contribution is 7.92. The van der Waals surface area contributed by atoms with Crippen LogP contribution in [0.15, 0.2) is 41.3 Å². The van der Waals surface area contributed by atoms with E-state index >= 15 is 4.39 Å². The minimum absolute atomic E-state index is 0.00333. The maximum atomic E-state index is 15.5. The third-order valence-corrected chi connectivity index (χ3v) is 8.67. The molecule has 0 unspecified atom stereocenters. The minimum Gasteiger partial charge on any atom is -0.492 e. The molecule has 0 bridgehead atoms. The van der Waals surface area contributed by atoms with E-state index < -0.39 is 99.0 Å². The number of carbonyl (C=O) groups is 1. The summed E-state index contributed by atoms with van der Waals surface area (Å²) in [6.07, 6.45) is -9.14. The number of alkyl halides is 6. The molecule has 1 fully saturated rings. The second-order valence-electron chi connectivity index (χ2n) is 9.40.